The number of carbonyl (C=O) groups is 1. The first-order chi connectivity index (χ1) is 10.1. The van der Waals surface area contributed by atoms with Gasteiger partial charge in [-0.15, -0.1) is 0 Å². The maximum absolute atomic E-state index is 12.6. The molecule has 0 heterocycles. The van der Waals surface area contributed by atoms with Crippen LogP contribution in [0.4, 0.5) is 0 Å². The number of rotatable bonds is 6. The first kappa shape index (κ1) is 18.4. The van der Waals surface area contributed by atoms with Gasteiger partial charge in [0, 0.05) is 10.5 Å². The molecule has 0 N–H and O–H groups in total. The molecule has 1 aromatic carbocycles. The number of carbonyl (C=O) groups excluding carboxylic acids is 1. The fourth-order valence-electron chi connectivity index (χ4n) is 1.89. The Bertz CT molecular complexity index is 561. The minimum absolute atomic E-state index is 0.0258. The van der Waals surface area contributed by atoms with Gasteiger partial charge in [-0.2, -0.15) is 0 Å². The van der Waals surface area contributed by atoms with Gasteiger partial charge in [0.1, 0.15) is 6.04 Å². The molecule has 1 aromatic rings. The molecular formula is C16H25N3O2Si. The molecule has 0 saturated carbocycles. The van der Waals surface area contributed by atoms with E-state index in [9.17, 15) is 4.79 Å². The molecule has 0 fully saturated rings. The van der Waals surface area contributed by atoms with E-state index in [-0.39, 0.29) is 10.8 Å². The lowest BCUT2D eigenvalue weighted by Gasteiger charge is -2.39. The van der Waals surface area contributed by atoms with Crippen molar-refractivity contribution in [1.82, 2.24) is 0 Å². The van der Waals surface area contributed by atoms with E-state index in [0.29, 0.717) is 5.56 Å². The van der Waals surface area contributed by atoms with Gasteiger partial charge in [-0.25, -0.2) is 0 Å². The zero-order valence-corrected chi connectivity index (χ0v) is 15.2. The SMILES string of the molecule is C[C@@H](O[Si](C)(C)C(C)(C)C)[C@H](N=[N+]=[N-])C(=O)c1ccccc1. The molecule has 0 unspecified atom stereocenters. The highest BCUT2D eigenvalue weighted by Gasteiger charge is 2.40. The summed E-state index contributed by atoms with van der Waals surface area (Å²) in [7, 11) is -2.04. The molecule has 0 amide bonds. The van der Waals surface area contributed by atoms with Crippen molar-refractivity contribution in [1.29, 1.82) is 0 Å². The van der Waals surface area contributed by atoms with Crippen LogP contribution in [0.25, 0.3) is 10.4 Å². The largest absolute Gasteiger partial charge is 0.413 e. The molecule has 22 heavy (non-hydrogen) atoms. The summed E-state index contributed by atoms with van der Waals surface area (Å²) in [5.74, 6) is -0.204. The molecule has 5 nitrogen and oxygen atoms in total. The molecule has 1 rings (SSSR count). The summed E-state index contributed by atoms with van der Waals surface area (Å²) in [5, 5.41) is 3.72. The minimum Gasteiger partial charge on any atom is -0.413 e. The molecule has 0 aliphatic rings. The van der Waals surface area contributed by atoms with E-state index in [1.165, 1.54) is 0 Å². The summed E-state index contributed by atoms with van der Waals surface area (Å²) >= 11 is 0. The summed E-state index contributed by atoms with van der Waals surface area (Å²) in [5.41, 5.74) is 9.33. The third kappa shape index (κ3) is 4.43. The Kier molecular flexibility index (Phi) is 5.94. The van der Waals surface area contributed by atoms with Crippen LogP contribution in [0.15, 0.2) is 35.4 Å². The topological polar surface area (TPSA) is 75.1 Å². The summed E-state index contributed by atoms with van der Waals surface area (Å²) in [6.45, 7) is 12.4. The smallest absolute Gasteiger partial charge is 0.192 e. The van der Waals surface area contributed by atoms with Gasteiger partial charge in [0.25, 0.3) is 0 Å². The van der Waals surface area contributed by atoms with Crippen LogP contribution in [-0.4, -0.2) is 26.2 Å². The molecule has 0 aliphatic carbocycles. The predicted molar refractivity (Wildman–Crippen MR) is 91.5 cm³/mol. The fourth-order valence-corrected chi connectivity index (χ4v) is 3.31. The van der Waals surface area contributed by atoms with Crippen LogP contribution in [0.3, 0.4) is 0 Å². The Labute approximate surface area is 133 Å². The summed E-state index contributed by atoms with van der Waals surface area (Å²) in [6, 6.07) is 8.03. The molecule has 120 valence electrons. The van der Waals surface area contributed by atoms with Gasteiger partial charge in [-0.3, -0.25) is 4.79 Å². The Balaban J connectivity index is 3.01. The highest BCUT2D eigenvalue weighted by molar-refractivity contribution is 6.74. The van der Waals surface area contributed by atoms with Gasteiger partial charge in [0.15, 0.2) is 14.1 Å². The van der Waals surface area contributed by atoms with E-state index in [0.717, 1.165) is 0 Å². The van der Waals surface area contributed by atoms with E-state index in [1.807, 2.05) is 6.07 Å². The number of nitrogens with zero attached hydrogens (tertiary/aromatic N) is 3. The van der Waals surface area contributed by atoms with Gasteiger partial charge < -0.3 is 4.43 Å². The first-order valence-corrected chi connectivity index (χ1v) is 10.3. The Hall–Kier alpha value is -1.62. The van der Waals surface area contributed by atoms with Gasteiger partial charge in [-0.1, -0.05) is 56.2 Å². The normalized spacial score (nSPS) is 14.8. The molecule has 0 spiro atoms. The van der Waals surface area contributed by atoms with Crippen LogP contribution in [0.1, 0.15) is 38.1 Å². The summed E-state index contributed by atoms with van der Waals surface area (Å²) < 4.78 is 6.21. The number of Topliss-reactive ketones (excluding diaryl/α,β-unsaturated/α-hetero) is 1. The monoisotopic (exact) mass is 319 g/mol. The van der Waals surface area contributed by atoms with Crippen LogP contribution in [0, 0.1) is 0 Å². The number of azide groups is 1. The summed E-state index contributed by atoms with van der Waals surface area (Å²) in [4.78, 5) is 15.4. The lowest BCUT2D eigenvalue weighted by Crippen LogP contribution is -2.47. The Morgan fingerprint density at radius 2 is 1.82 bits per heavy atom. The number of benzene rings is 1. The third-order valence-electron chi connectivity index (χ3n) is 4.23. The number of hydrogen-bond donors (Lipinski definition) is 0. The van der Waals surface area contributed by atoms with Crippen LogP contribution in [0.2, 0.25) is 18.1 Å². The van der Waals surface area contributed by atoms with Crippen molar-refractivity contribution in [2.75, 3.05) is 0 Å². The second kappa shape index (κ2) is 7.09. The van der Waals surface area contributed by atoms with Crippen molar-refractivity contribution >= 4 is 14.1 Å². The third-order valence-corrected chi connectivity index (χ3v) is 8.81. The number of hydrogen-bond acceptors (Lipinski definition) is 3. The Morgan fingerprint density at radius 3 is 2.27 bits per heavy atom. The van der Waals surface area contributed by atoms with E-state index in [1.54, 1.807) is 31.2 Å². The second-order valence-electron chi connectivity index (χ2n) is 6.96. The van der Waals surface area contributed by atoms with Crippen LogP contribution in [-0.2, 0) is 4.43 Å². The van der Waals surface area contributed by atoms with E-state index < -0.39 is 20.5 Å². The maximum Gasteiger partial charge on any atom is 0.192 e. The molecule has 0 saturated heterocycles. The quantitative estimate of drug-likeness (QED) is 0.244. The number of ketones is 1. The van der Waals surface area contributed by atoms with Crippen molar-refractivity contribution in [3.8, 4) is 0 Å². The van der Waals surface area contributed by atoms with Crippen molar-refractivity contribution in [2.45, 2.75) is 58.0 Å². The lowest BCUT2D eigenvalue weighted by molar-refractivity contribution is 0.0860. The second-order valence-corrected chi connectivity index (χ2v) is 11.7. The lowest BCUT2D eigenvalue weighted by atomic mass is 10.0. The zero-order chi connectivity index (χ0) is 17.0. The van der Waals surface area contributed by atoms with E-state index >= 15 is 0 Å². The predicted octanol–water partition coefficient (Wildman–Crippen LogP) is 4.96. The zero-order valence-electron chi connectivity index (χ0n) is 14.2. The molecule has 2 atom stereocenters. The highest BCUT2D eigenvalue weighted by Crippen LogP contribution is 2.37. The van der Waals surface area contributed by atoms with Crippen molar-refractivity contribution < 1.29 is 9.22 Å². The van der Waals surface area contributed by atoms with Crippen LogP contribution < -0.4 is 0 Å². The maximum atomic E-state index is 12.6. The van der Waals surface area contributed by atoms with Crippen LogP contribution >= 0.6 is 0 Å². The van der Waals surface area contributed by atoms with Crippen molar-refractivity contribution in [3.63, 3.8) is 0 Å². The Morgan fingerprint density at radius 1 is 1.27 bits per heavy atom. The van der Waals surface area contributed by atoms with Crippen LogP contribution in [0.5, 0.6) is 0 Å². The molecule has 0 bridgehead atoms. The standard InChI is InChI=1S/C16H25N3O2Si/c1-12(21-22(5,6)16(2,3)4)14(18-19-17)15(20)13-10-8-7-9-11-13/h7-12,14H,1-6H3/t12-,14+/m1/s1. The molecule has 0 aromatic heterocycles. The van der Waals surface area contributed by atoms with Gasteiger partial charge in [-0.05, 0) is 30.6 Å². The van der Waals surface area contributed by atoms with E-state index in [2.05, 4.69) is 43.9 Å². The van der Waals surface area contributed by atoms with Crippen molar-refractivity contribution in [3.05, 3.63) is 46.3 Å². The first-order valence-electron chi connectivity index (χ1n) is 7.41. The van der Waals surface area contributed by atoms with E-state index in [4.69, 9.17) is 9.96 Å². The minimum atomic E-state index is -2.04. The molecule has 0 radical (unpaired) electrons. The average Bonchev–Trinajstić information content (AvgIpc) is 2.43. The molecule has 0 aliphatic heterocycles. The molecule has 6 heteroatoms. The van der Waals surface area contributed by atoms with Gasteiger partial charge in [0.05, 0.1) is 6.10 Å². The highest BCUT2D eigenvalue weighted by atomic mass is 28.4. The summed E-state index contributed by atoms with van der Waals surface area (Å²) in [6.07, 6.45) is -0.454. The van der Waals surface area contributed by atoms with Gasteiger partial charge >= 0.3 is 0 Å². The fraction of sp³-hybridized carbons (Fsp3) is 0.562. The molecular weight excluding hydrogens is 294 g/mol. The average molecular weight is 319 g/mol. The van der Waals surface area contributed by atoms with Gasteiger partial charge in [0.2, 0.25) is 0 Å². The van der Waals surface area contributed by atoms with Crippen molar-refractivity contribution in [2.24, 2.45) is 5.11 Å².